The second-order valence-corrected chi connectivity index (χ2v) is 8.98. The van der Waals surface area contributed by atoms with E-state index in [1.165, 1.54) is 23.1 Å². The van der Waals surface area contributed by atoms with Gasteiger partial charge in [0, 0.05) is 0 Å². The number of benzene rings is 1. The van der Waals surface area contributed by atoms with Gasteiger partial charge in [-0.3, -0.25) is 14.9 Å². The summed E-state index contributed by atoms with van der Waals surface area (Å²) in [5, 5.41) is 11.2. The van der Waals surface area contributed by atoms with Crippen LogP contribution in [0.2, 0.25) is 0 Å². The Hall–Kier alpha value is -2.04. The van der Waals surface area contributed by atoms with Crippen LogP contribution in [0.15, 0.2) is 28.6 Å². The Bertz CT molecular complexity index is 907. The maximum atomic E-state index is 12.6. The third-order valence-electron chi connectivity index (χ3n) is 3.48. The van der Waals surface area contributed by atoms with E-state index < -0.39 is 0 Å². The van der Waals surface area contributed by atoms with E-state index in [4.69, 9.17) is 4.74 Å². The summed E-state index contributed by atoms with van der Waals surface area (Å²) in [5.41, 5.74) is 0.938. The highest BCUT2D eigenvalue weighted by Crippen LogP contribution is 2.33. The zero-order valence-corrected chi connectivity index (χ0v) is 17.2. The molecule has 3 rings (SSSR count). The number of nitrogens with one attached hydrogen (secondary N) is 1. The van der Waals surface area contributed by atoms with E-state index in [-0.39, 0.29) is 23.5 Å². The molecule has 142 valence electrons. The van der Waals surface area contributed by atoms with E-state index in [2.05, 4.69) is 20.5 Å². The molecule has 7 nitrogen and oxygen atoms in total. The molecule has 0 saturated heterocycles. The smallest absolute Gasteiger partial charge is 0.312 e. The van der Waals surface area contributed by atoms with Crippen molar-refractivity contribution < 1.29 is 14.3 Å². The van der Waals surface area contributed by atoms with Crippen LogP contribution in [-0.2, 0) is 20.7 Å². The number of aromatic nitrogens is 3. The van der Waals surface area contributed by atoms with Crippen LogP contribution in [0.4, 0.5) is 5.13 Å². The Morgan fingerprint density at radius 3 is 2.78 bits per heavy atom. The van der Waals surface area contributed by atoms with Gasteiger partial charge < -0.3 is 4.74 Å². The third kappa shape index (κ3) is 5.24. The maximum absolute atomic E-state index is 12.6. The van der Waals surface area contributed by atoms with Crippen LogP contribution >= 0.6 is 34.4 Å². The Balaban J connectivity index is 1.61. The average molecular weight is 423 g/mol. The van der Waals surface area contributed by atoms with Crippen molar-refractivity contribution >= 4 is 61.7 Å². The van der Waals surface area contributed by atoms with Crippen molar-refractivity contribution in [3.63, 3.8) is 0 Å². The van der Waals surface area contributed by atoms with Crippen LogP contribution in [0.1, 0.15) is 25.3 Å². The number of hydrogen-bond donors (Lipinski definition) is 1. The quantitative estimate of drug-likeness (QED) is 0.436. The highest BCUT2D eigenvalue weighted by Gasteiger charge is 2.21. The number of thiazole rings is 1. The van der Waals surface area contributed by atoms with Crippen LogP contribution < -0.4 is 5.32 Å². The minimum Gasteiger partial charge on any atom is -0.466 e. The first kappa shape index (κ1) is 19.7. The predicted molar refractivity (Wildman–Crippen MR) is 108 cm³/mol. The number of thioether (sulfide) groups is 1. The molecular formula is C17H18N4O3S3. The molecule has 0 unspecified atom stereocenters. The molecule has 27 heavy (non-hydrogen) atoms. The lowest BCUT2D eigenvalue weighted by Crippen LogP contribution is -2.24. The molecule has 0 fully saturated rings. The Labute approximate surface area is 168 Å². The largest absolute Gasteiger partial charge is 0.466 e. The number of carbonyl (C=O) groups excluding carboxylic acids is 2. The number of carbonyl (C=O) groups is 2. The summed E-state index contributed by atoms with van der Waals surface area (Å²) in [4.78, 5) is 28.7. The number of nitrogens with zero attached hydrogens (tertiary/aromatic N) is 3. The number of esters is 1. The van der Waals surface area contributed by atoms with Gasteiger partial charge in [0.2, 0.25) is 11.0 Å². The minimum atomic E-state index is -0.357. The number of hydrogen-bond acceptors (Lipinski definition) is 9. The van der Waals surface area contributed by atoms with Gasteiger partial charge in [-0.25, -0.2) is 4.98 Å². The van der Waals surface area contributed by atoms with Crippen molar-refractivity contribution in [2.24, 2.45) is 0 Å². The highest BCUT2D eigenvalue weighted by molar-refractivity contribution is 8.02. The molecule has 2 heterocycles. The monoisotopic (exact) mass is 422 g/mol. The first-order valence-electron chi connectivity index (χ1n) is 8.40. The van der Waals surface area contributed by atoms with Crippen molar-refractivity contribution in [3.05, 3.63) is 29.3 Å². The summed E-state index contributed by atoms with van der Waals surface area (Å²) in [6.45, 7) is 4.02. The normalized spacial score (nSPS) is 12.1. The van der Waals surface area contributed by atoms with Crippen LogP contribution in [0, 0.1) is 0 Å². The number of rotatable bonds is 8. The van der Waals surface area contributed by atoms with E-state index >= 15 is 0 Å². The molecule has 0 spiro atoms. The van der Waals surface area contributed by atoms with Gasteiger partial charge in [0.1, 0.15) is 5.01 Å². The molecule has 2 aromatic heterocycles. The molecule has 0 aliphatic carbocycles. The van der Waals surface area contributed by atoms with Crippen molar-refractivity contribution in [3.8, 4) is 0 Å². The molecular weight excluding hydrogens is 404 g/mol. The Morgan fingerprint density at radius 2 is 2.04 bits per heavy atom. The summed E-state index contributed by atoms with van der Waals surface area (Å²) >= 11 is 4.19. The van der Waals surface area contributed by atoms with E-state index in [0.29, 0.717) is 23.2 Å². The fraction of sp³-hybridized carbons (Fsp3) is 0.353. The number of para-hydroxylation sites is 1. The fourth-order valence-corrected chi connectivity index (χ4v) is 5.20. The van der Waals surface area contributed by atoms with Gasteiger partial charge in [-0.15, -0.1) is 21.5 Å². The van der Waals surface area contributed by atoms with Gasteiger partial charge in [-0.1, -0.05) is 42.2 Å². The molecule has 1 aromatic carbocycles. The van der Waals surface area contributed by atoms with Crippen molar-refractivity contribution in [1.29, 1.82) is 0 Å². The predicted octanol–water partition coefficient (Wildman–Crippen LogP) is 3.76. The SMILES string of the molecule is CCOC(=O)Cc1nnc(NC(=O)[C@@H](CC)Sc2nc3ccccc3s2)s1. The minimum absolute atomic E-state index is 0.0546. The van der Waals surface area contributed by atoms with E-state index in [1.807, 2.05) is 31.2 Å². The summed E-state index contributed by atoms with van der Waals surface area (Å²) in [6.07, 6.45) is 0.708. The lowest BCUT2D eigenvalue weighted by atomic mass is 10.3. The van der Waals surface area contributed by atoms with Gasteiger partial charge >= 0.3 is 5.97 Å². The summed E-state index contributed by atoms with van der Waals surface area (Å²) in [7, 11) is 0. The molecule has 3 aromatic rings. The molecule has 0 bridgehead atoms. The maximum Gasteiger partial charge on any atom is 0.312 e. The molecule has 0 saturated carbocycles. The van der Waals surface area contributed by atoms with E-state index in [0.717, 1.165) is 14.6 Å². The molecule has 1 amide bonds. The van der Waals surface area contributed by atoms with Crippen molar-refractivity contribution in [2.45, 2.75) is 36.3 Å². The topological polar surface area (TPSA) is 94.1 Å². The summed E-state index contributed by atoms with van der Waals surface area (Å²) in [5.74, 6) is -0.509. The number of ether oxygens (including phenoxy) is 1. The molecule has 0 radical (unpaired) electrons. The van der Waals surface area contributed by atoms with Gasteiger partial charge in [-0.05, 0) is 25.5 Å². The lowest BCUT2D eigenvalue weighted by molar-refractivity contribution is -0.142. The summed E-state index contributed by atoms with van der Waals surface area (Å²) in [6, 6.07) is 7.90. The van der Waals surface area contributed by atoms with Gasteiger partial charge in [0.25, 0.3) is 0 Å². The number of anilines is 1. The van der Waals surface area contributed by atoms with Crippen LogP contribution in [0.5, 0.6) is 0 Å². The summed E-state index contributed by atoms with van der Waals surface area (Å²) < 4.78 is 6.85. The second kappa shape index (κ2) is 9.25. The molecule has 1 atom stereocenters. The van der Waals surface area contributed by atoms with Crippen molar-refractivity contribution in [1.82, 2.24) is 15.2 Å². The second-order valence-electron chi connectivity index (χ2n) is 5.43. The first-order valence-corrected chi connectivity index (χ1v) is 10.9. The molecule has 0 aliphatic rings. The number of fused-ring (bicyclic) bond motifs is 1. The number of amides is 1. The van der Waals surface area contributed by atoms with Crippen LogP contribution in [0.25, 0.3) is 10.2 Å². The van der Waals surface area contributed by atoms with E-state index in [1.54, 1.807) is 18.3 Å². The van der Waals surface area contributed by atoms with Crippen LogP contribution in [0.3, 0.4) is 0 Å². The average Bonchev–Trinajstić information content (AvgIpc) is 3.25. The molecule has 1 N–H and O–H groups in total. The molecule has 10 heteroatoms. The van der Waals surface area contributed by atoms with Gasteiger partial charge in [0.15, 0.2) is 4.34 Å². The first-order chi connectivity index (χ1) is 13.1. The Kier molecular flexibility index (Phi) is 6.75. The van der Waals surface area contributed by atoms with Gasteiger partial charge in [0.05, 0.1) is 28.5 Å². The standard InChI is InChI=1S/C17H18N4O3S3/c1-3-11(25-17-18-10-7-5-6-8-12(10)26-17)15(23)19-16-21-20-13(27-16)9-14(22)24-4-2/h5-8,11H,3-4,9H2,1-2H3,(H,19,21,23)/t11-/m1/s1. The highest BCUT2D eigenvalue weighted by atomic mass is 32.2. The fourth-order valence-electron chi connectivity index (χ4n) is 2.24. The zero-order chi connectivity index (χ0) is 19.2. The third-order valence-corrected chi connectivity index (χ3v) is 6.81. The van der Waals surface area contributed by atoms with Gasteiger partial charge in [-0.2, -0.15) is 0 Å². The van der Waals surface area contributed by atoms with Crippen molar-refractivity contribution in [2.75, 3.05) is 11.9 Å². The van der Waals surface area contributed by atoms with E-state index in [9.17, 15) is 9.59 Å². The Morgan fingerprint density at radius 1 is 1.22 bits per heavy atom. The zero-order valence-electron chi connectivity index (χ0n) is 14.8. The molecule has 0 aliphatic heterocycles. The van der Waals surface area contributed by atoms with Crippen LogP contribution in [-0.4, -0.2) is 38.9 Å². The lowest BCUT2D eigenvalue weighted by Gasteiger charge is -2.11.